The lowest BCUT2D eigenvalue weighted by atomic mass is 9.85. The smallest absolute Gasteiger partial charge is 0.391 e. The standard InChI is InChI=1S/C14H18F3NO2/c1-8-6-12(9(2)20-8)13(19)18-11-5-3-4-10(7-11)14(15,16)17/h6,10-11H,3-5,7H2,1-2H3,(H,18,19)/t10-,11+/m1/s1. The summed E-state index contributed by atoms with van der Waals surface area (Å²) in [5.74, 6) is -0.562. The second kappa shape index (κ2) is 5.50. The first kappa shape index (κ1) is 14.9. The molecule has 2 atom stereocenters. The van der Waals surface area contributed by atoms with E-state index < -0.39 is 18.1 Å². The van der Waals surface area contributed by atoms with Gasteiger partial charge < -0.3 is 9.73 Å². The summed E-state index contributed by atoms with van der Waals surface area (Å²) in [6.45, 7) is 3.39. The van der Waals surface area contributed by atoms with Crippen LogP contribution < -0.4 is 5.32 Å². The molecule has 2 rings (SSSR count). The molecule has 0 bridgehead atoms. The van der Waals surface area contributed by atoms with Gasteiger partial charge in [0.1, 0.15) is 11.5 Å². The Labute approximate surface area is 115 Å². The number of nitrogens with one attached hydrogen (secondary N) is 1. The predicted octanol–water partition coefficient (Wildman–Crippen LogP) is 3.75. The molecule has 1 amide bonds. The average molecular weight is 289 g/mol. The van der Waals surface area contributed by atoms with Gasteiger partial charge in [0.15, 0.2) is 0 Å². The van der Waals surface area contributed by atoms with Crippen molar-refractivity contribution in [3.63, 3.8) is 0 Å². The van der Waals surface area contributed by atoms with Crippen LogP contribution in [0.3, 0.4) is 0 Å². The summed E-state index contributed by atoms with van der Waals surface area (Å²) in [7, 11) is 0. The molecular weight excluding hydrogens is 271 g/mol. The molecule has 1 N–H and O–H groups in total. The lowest BCUT2D eigenvalue weighted by molar-refractivity contribution is -0.183. The van der Waals surface area contributed by atoms with E-state index in [4.69, 9.17) is 4.42 Å². The summed E-state index contributed by atoms with van der Waals surface area (Å²) in [5.41, 5.74) is 0.400. The molecule has 112 valence electrons. The molecule has 1 aliphatic rings. The highest BCUT2D eigenvalue weighted by Crippen LogP contribution is 2.37. The minimum absolute atomic E-state index is 0.0366. The van der Waals surface area contributed by atoms with E-state index in [1.165, 1.54) is 0 Å². The summed E-state index contributed by atoms with van der Waals surface area (Å²) < 4.78 is 43.4. The monoisotopic (exact) mass is 289 g/mol. The SMILES string of the molecule is Cc1cc(C(=O)N[C@H]2CCC[C@@H](C(F)(F)F)C2)c(C)o1. The van der Waals surface area contributed by atoms with Gasteiger partial charge in [0.25, 0.3) is 5.91 Å². The van der Waals surface area contributed by atoms with E-state index in [2.05, 4.69) is 5.32 Å². The number of amides is 1. The number of furan rings is 1. The summed E-state index contributed by atoms with van der Waals surface area (Å²) in [6, 6.07) is 1.19. The first-order valence-electron chi connectivity index (χ1n) is 6.72. The molecule has 1 aromatic rings. The third-order valence-corrected chi connectivity index (χ3v) is 3.76. The van der Waals surface area contributed by atoms with Crippen LogP contribution in [0.2, 0.25) is 0 Å². The first-order valence-corrected chi connectivity index (χ1v) is 6.72. The molecule has 1 heterocycles. The van der Waals surface area contributed by atoms with Crippen molar-refractivity contribution in [2.24, 2.45) is 5.92 Å². The number of aryl methyl sites for hydroxylation is 2. The van der Waals surface area contributed by atoms with Crippen LogP contribution in [-0.2, 0) is 0 Å². The molecule has 1 aliphatic carbocycles. The molecule has 20 heavy (non-hydrogen) atoms. The number of hydrogen-bond donors (Lipinski definition) is 1. The minimum atomic E-state index is -4.18. The van der Waals surface area contributed by atoms with Crippen molar-refractivity contribution in [1.82, 2.24) is 5.32 Å². The normalized spacial score (nSPS) is 23.6. The molecule has 0 saturated heterocycles. The Kier molecular flexibility index (Phi) is 4.11. The van der Waals surface area contributed by atoms with Crippen LogP contribution in [0, 0.1) is 19.8 Å². The van der Waals surface area contributed by atoms with Gasteiger partial charge in [-0.3, -0.25) is 4.79 Å². The molecular formula is C14H18F3NO2. The van der Waals surface area contributed by atoms with E-state index >= 15 is 0 Å². The van der Waals surface area contributed by atoms with Gasteiger partial charge in [-0.25, -0.2) is 0 Å². The fraction of sp³-hybridized carbons (Fsp3) is 0.643. The van der Waals surface area contributed by atoms with Crippen molar-refractivity contribution in [2.45, 2.75) is 51.7 Å². The van der Waals surface area contributed by atoms with E-state index in [-0.39, 0.29) is 18.7 Å². The number of rotatable bonds is 2. The Morgan fingerprint density at radius 2 is 2.05 bits per heavy atom. The number of carbonyl (C=O) groups excluding carboxylic acids is 1. The summed E-state index contributed by atoms with van der Waals surface area (Å²) in [4.78, 5) is 12.1. The summed E-state index contributed by atoms with van der Waals surface area (Å²) in [6.07, 6.45) is -2.98. The number of halogens is 3. The van der Waals surface area contributed by atoms with Gasteiger partial charge in [-0.15, -0.1) is 0 Å². The Hall–Kier alpha value is -1.46. The molecule has 1 saturated carbocycles. The zero-order valence-corrected chi connectivity index (χ0v) is 11.5. The molecule has 6 heteroatoms. The van der Waals surface area contributed by atoms with Crippen molar-refractivity contribution in [3.05, 3.63) is 23.2 Å². The highest BCUT2D eigenvalue weighted by Gasteiger charge is 2.42. The molecule has 0 aliphatic heterocycles. The van der Waals surface area contributed by atoms with E-state index in [9.17, 15) is 18.0 Å². The average Bonchev–Trinajstić information content (AvgIpc) is 2.68. The second-order valence-corrected chi connectivity index (χ2v) is 5.40. The molecule has 0 unspecified atom stereocenters. The van der Waals surface area contributed by atoms with E-state index in [0.29, 0.717) is 29.9 Å². The molecule has 0 radical (unpaired) electrons. The number of alkyl halides is 3. The van der Waals surface area contributed by atoms with Crippen molar-refractivity contribution in [2.75, 3.05) is 0 Å². The highest BCUT2D eigenvalue weighted by atomic mass is 19.4. The Balaban J connectivity index is 1.99. The second-order valence-electron chi connectivity index (χ2n) is 5.40. The zero-order valence-electron chi connectivity index (χ0n) is 11.5. The summed E-state index contributed by atoms with van der Waals surface area (Å²) in [5, 5.41) is 2.69. The fourth-order valence-electron chi connectivity index (χ4n) is 2.74. The maximum absolute atomic E-state index is 12.7. The third kappa shape index (κ3) is 3.35. The van der Waals surface area contributed by atoms with Crippen LogP contribution in [0.1, 0.15) is 47.6 Å². The highest BCUT2D eigenvalue weighted by molar-refractivity contribution is 5.95. The van der Waals surface area contributed by atoms with E-state index in [1.807, 2.05) is 0 Å². The summed E-state index contributed by atoms with van der Waals surface area (Å²) >= 11 is 0. The molecule has 0 aromatic carbocycles. The molecule has 0 spiro atoms. The largest absolute Gasteiger partial charge is 0.466 e. The minimum Gasteiger partial charge on any atom is -0.466 e. The topological polar surface area (TPSA) is 42.2 Å². The maximum Gasteiger partial charge on any atom is 0.391 e. The van der Waals surface area contributed by atoms with Crippen LogP contribution in [0.25, 0.3) is 0 Å². The van der Waals surface area contributed by atoms with Crippen molar-refractivity contribution >= 4 is 5.91 Å². The lowest BCUT2D eigenvalue weighted by Gasteiger charge is -2.30. The van der Waals surface area contributed by atoms with Crippen LogP contribution in [0.5, 0.6) is 0 Å². The van der Waals surface area contributed by atoms with E-state index in [0.717, 1.165) is 0 Å². The van der Waals surface area contributed by atoms with Gasteiger partial charge >= 0.3 is 6.18 Å². The maximum atomic E-state index is 12.7. The third-order valence-electron chi connectivity index (χ3n) is 3.76. The Morgan fingerprint density at radius 3 is 2.60 bits per heavy atom. The first-order chi connectivity index (χ1) is 9.27. The van der Waals surface area contributed by atoms with Crippen molar-refractivity contribution in [3.8, 4) is 0 Å². The molecule has 3 nitrogen and oxygen atoms in total. The van der Waals surface area contributed by atoms with Gasteiger partial charge in [0.05, 0.1) is 11.5 Å². The van der Waals surface area contributed by atoms with Crippen LogP contribution in [-0.4, -0.2) is 18.1 Å². The number of carbonyl (C=O) groups is 1. The zero-order chi connectivity index (χ0) is 14.9. The Morgan fingerprint density at radius 1 is 1.35 bits per heavy atom. The fourth-order valence-corrected chi connectivity index (χ4v) is 2.74. The number of hydrogen-bond acceptors (Lipinski definition) is 2. The van der Waals surface area contributed by atoms with Crippen LogP contribution in [0.4, 0.5) is 13.2 Å². The molecule has 1 fully saturated rings. The van der Waals surface area contributed by atoms with Crippen molar-refractivity contribution < 1.29 is 22.4 Å². The van der Waals surface area contributed by atoms with E-state index in [1.54, 1.807) is 19.9 Å². The predicted molar refractivity (Wildman–Crippen MR) is 67.4 cm³/mol. The van der Waals surface area contributed by atoms with Gasteiger partial charge in [-0.1, -0.05) is 6.42 Å². The van der Waals surface area contributed by atoms with Crippen LogP contribution >= 0.6 is 0 Å². The van der Waals surface area contributed by atoms with Gasteiger partial charge in [-0.05, 0) is 39.2 Å². The molecule has 1 aromatic heterocycles. The quantitative estimate of drug-likeness (QED) is 0.901. The van der Waals surface area contributed by atoms with Gasteiger partial charge in [-0.2, -0.15) is 13.2 Å². The van der Waals surface area contributed by atoms with Gasteiger partial charge in [0.2, 0.25) is 0 Å². The van der Waals surface area contributed by atoms with Crippen molar-refractivity contribution in [1.29, 1.82) is 0 Å². The lowest BCUT2D eigenvalue weighted by Crippen LogP contribution is -2.41. The van der Waals surface area contributed by atoms with Crippen LogP contribution in [0.15, 0.2) is 10.5 Å². The van der Waals surface area contributed by atoms with Gasteiger partial charge in [0, 0.05) is 6.04 Å². The Bertz CT molecular complexity index is 493.